The lowest BCUT2D eigenvalue weighted by Crippen LogP contribution is -2.46. The summed E-state index contributed by atoms with van der Waals surface area (Å²) in [6.45, 7) is 4.99. The fourth-order valence-corrected chi connectivity index (χ4v) is 2.44. The first-order valence-corrected chi connectivity index (χ1v) is 7.27. The van der Waals surface area contributed by atoms with Crippen LogP contribution < -0.4 is 4.72 Å². The Balaban J connectivity index is 4.72. The minimum Gasteiger partial charge on any atom is -0.480 e. The van der Waals surface area contributed by atoms with Gasteiger partial charge in [-0.1, -0.05) is 20.3 Å². The molecule has 0 heterocycles. The molecule has 0 aromatic rings. The Morgan fingerprint density at radius 3 is 2.28 bits per heavy atom. The van der Waals surface area contributed by atoms with Crippen LogP contribution in [0, 0.1) is 5.92 Å². The molecule has 0 aliphatic rings. The molecule has 0 rings (SSSR count). The topological polar surface area (TPSA) is 110 Å². The van der Waals surface area contributed by atoms with E-state index in [1.54, 1.807) is 20.8 Å². The van der Waals surface area contributed by atoms with Crippen molar-refractivity contribution >= 4 is 22.0 Å². The number of esters is 1. The Hall–Kier alpha value is -1.15. The van der Waals surface area contributed by atoms with Gasteiger partial charge in [-0.3, -0.25) is 9.59 Å². The maximum absolute atomic E-state index is 11.6. The Kier molecular flexibility index (Phi) is 6.85. The highest BCUT2D eigenvalue weighted by Crippen LogP contribution is 2.09. The largest absolute Gasteiger partial charge is 0.480 e. The number of nitrogens with one attached hydrogen (secondary N) is 1. The smallest absolute Gasteiger partial charge is 0.322 e. The molecule has 0 aromatic carbocycles. The molecule has 0 saturated heterocycles. The van der Waals surface area contributed by atoms with Crippen molar-refractivity contribution in [3.63, 3.8) is 0 Å². The summed E-state index contributed by atoms with van der Waals surface area (Å²) in [6.07, 6.45) is 0.499. The number of carbonyl (C=O) groups excluding carboxylic acids is 1. The summed E-state index contributed by atoms with van der Waals surface area (Å²) in [6, 6.07) is -1.24. The lowest BCUT2D eigenvalue weighted by Gasteiger charge is -2.19. The Morgan fingerprint density at radius 1 is 1.33 bits per heavy atom. The molecule has 0 radical (unpaired) electrons. The molecule has 0 spiro atoms. The predicted octanol–water partition coefficient (Wildman–Crippen LogP) is -0.0318. The standard InChI is InChI=1S/C10H19NO6S/c1-4-7(3)9(10(13)14)11-18(15,16)6-8(12)17-5-2/h7,9,11H,4-6H2,1-3H3,(H,13,14)/t7?,9-/m0/s1. The average Bonchev–Trinajstić information content (AvgIpc) is 2.24. The maximum Gasteiger partial charge on any atom is 0.322 e. The van der Waals surface area contributed by atoms with Gasteiger partial charge in [-0.25, -0.2) is 13.1 Å². The molecule has 2 N–H and O–H groups in total. The van der Waals surface area contributed by atoms with Crippen LogP contribution in [0.3, 0.4) is 0 Å². The highest BCUT2D eigenvalue weighted by atomic mass is 32.2. The van der Waals surface area contributed by atoms with Crippen LogP contribution in [0.15, 0.2) is 0 Å². The highest BCUT2D eigenvalue weighted by molar-refractivity contribution is 7.90. The Bertz CT molecular complexity index is 391. The third kappa shape index (κ3) is 5.97. The summed E-state index contributed by atoms with van der Waals surface area (Å²) in [4.78, 5) is 22.0. The van der Waals surface area contributed by atoms with Gasteiger partial charge >= 0.3 is 11.9 Å². The first-order valence-electron chi connectivity index (χ1n) is 5.61. The molecule has 2 atom stereocenters. The molecule has 7 nitrogen and oxygen atoms in total. The van der Waals surface area contributed by atoms with E-state index in [1.807, 2.05) is 4.72 Å². The number of hydrogen-bond donors (Lipinski definition) is 2. The van der Waals surface area contributed by atoms with Crippen LogP contribution in [0.5, 0.6) is 0 Å². The van der Waals surface area contributed by atoms with Crippen LogP contribution in [-0.2, 0) is 24.3 Å². The number of aliphatic carboxylic acids is 1. The van der Waals surface area contributed by atoms with Gasteiger partial charge in [0.15, 0.2) is 5.75 Å². The van der Waals surface area contributed by atoms with Gasteiger partial charge < -0.3 is 9.84 Å². The van der Waals surface area contributed by atoms with E-state index in [2.05, 4.69) is 4.74 Å². The van der Waals surface area contributed by atoms with Gasteiger partial charge in [-0.15, -0.1) is 0 Å². The number of rotatable bonds is 8. The molecule has 0 aliphatic heterocycles. The monoisotopic (exact) mass is 281 g/mol. The normalized spacial score (nSPS) is 14.8. The fraction of sp³-hybridized carbons (Fsp3) is 0.800. The molecule has 0 aliphatic carbocycles. The van der Waals surface area contributed by atoms with Crippen molar-refractivity contribution in [3.05, 3.63) is 0 Å². The van der Waals surface area contributed by atoms with Gasteiger partial charge in [0.25, 0.3) is 0 Å². The van der Waals surface area contributed by atoms with Gasteiger partial charge in [-0.2, -0.15) is 0 Å². The highest BCUT2D eigenvalue weighted by Gasteiger charge is 2.29. The summed E-state index contributed by atoms with van der Waals surface area (Å²) >= 11 is 0. The number of carbonyl (C=O) groups is 2. The van der Waals surface area contributed by atoms with Crippen molar-refractivity contribution in [2.24, 2.45) is 5.92 Å². The van der Waals surface area contributed by atoms with Crippen LogP contribution in [0.4, 0.5) is 0 Å². The van der Waals surface area contributed by atoms with Crippen LogP contribution in [0.2, 0.25) is 0 Å². The van der Waals surface area contributed by atoms with Crippen LogP contribution in [-0.4, -0.2) is 43.9 Å². The Labute approximate surface area is 107 Å². The summed E-state index contributed by atoms with van der Waals surface area (Å²) in [7, 11) is -4.01. The molecule has 0 fully saturated rings. The van der Waals surface area contributed by atoms with Crippen LogP contribution >= 0.6 is 0 Å². The lowest BCUT2D eigenvalue weighted by molar-refractivity contribution is -0.141. The van der Waals surface area contributed by atoms with Crippen molar-refractivity contribution in [3.8, 4) is 0 Å². The van der Waals surface area contributed by atoms with Gasteiger partial charge in [0.2, 0.25) is 10.0 Å². The zero-order chi connectivity index (χ0) is 14.3. The van der Waals surface area contributed by atoms with Gasteiger partial charge in [0, 0.05) is 0 Å². The molecule has 0 aromatic heterocycles. The number of carboxylic acid groups (broad SMARTS) is 1. The van der Waals surface area contributed by atoms with E-state index in [1.165, 1.54) is 0 Å². The van der Waals surface area contributed by atoms with E-state index < -0.39 is 33.8 Å². The zero-order valence-electron chi connectivity index (χ0n) is 10.7. The van der Waals surface area contributed by atoms with Crippen molar-refractivity contribution < 1.29 is 27.9 Å². The molecule has 0 saturated carbocycles. The molecule has 0 amide bonds. The molecule has 106 valence electrons. The number of sulfonamides is 1. The molecule has 0 bridgehead atoms. The molecule has 1 unspecified atom stereocenters. The second-order valence-electron chi connectivity index (χ2n) is 3.88. The van der Waals surface area contributed by atoms with Crippen molar-refractivity contribution in [1.29, 1.82) is 0 Å². The lowest BCUT2D eigenvalue weighted by atomic mass is 10.0. The fourth-order valence-electron chi connectivity index (χ4n) is 1.24. The van der Waals surface area contributed by atoms with E-state index >= 15 is 0 Å². The maximum atomic E-state index is 11.6. The second kappa shape index (κ2) is 7.32. The molecular weight excluding hydrogens is 262 g/mol. The summed E-state index contributed by atoms with van der Waals surface area (Å²) < 4.78 is 29.7. The molecule has 8 heteroatoms. The van der Waals surface area contributed by atoms with E-state index in [0.29, 0.717) is 6.42 Å². The van der Waals surface area contributed by atoms with Gasteiger partial charge in [0.05, 0.1) is 6.61 Å². The van der Waals surface area contributed by atoms with Crippen molar-refractivity contribution in [1.82, 2.24) is 4.72 Å². The summed E-state index contributed by atoms with van der Waals surface area (Å²) in [5.74, 6) is -3.42. The second-order valence-corrected chi connectivity index (χ2v) is 5.64. The van der Waals surface area contributed by atoms with E-state index in [4.69, 9.17) is 5.11 Å². The summed E-state index contributed by atoms with van der Waals surface area (Å²) in [5.41, 5.74) is 0. The van der Waals surface area contributed by atoms with E-state index in [0.717, 1.165) is 0 Å². The minimum absolute atomic E-state index is 0.0715. The van der Waals surface area contributed by atoms with Crippen LogP contribution in [0.1, 0.15) is 27.2 Å². The quantitative estimate of drug-likeness (QED) is 0.604. The number of hydrogen-bond acceptors (Lipinski definition) is 5. The number of carboxylic acids is 1. The minimum atomic E-state index is -4.01. The van der Waals surface area contributed by atoms with E-state index in [9.17, 15) is 18.0 Å². The first kappa shape index (κ1) is 16.9. The summed E-state index contributed by atoms with van der Waals surface area (Å²) in [5, 5.41) is 8.93. The van der Waals surface area contributed by atoms with Crippen molar-refractivity contribution in [2.75, 3.05) is 12.4 Å². The zero-order valence-corrected chi connectivity index (χ0v) is 11.5. The van der Waals surface area contributed by atoms with Crippen molar-refractivity contribution in [2.45, 2.75) is 33.2 Å². The average molecular weight is 281 g/mol. The van der Waals surface area contributed by atoms with Gasteiger partial charge in [-0.05, 0) is 12.8 Å². The Morgan fingerprint density at radius 2 is 1.89 bits per heavy atom. The third-order valence-electron chi connectivity index (χ3n) is 2.40. The predicted molar refractivity (Wildman–Crippen MR) is 64.4 cm³/mol. The van der Waals surface area contributed by atoms with Gasteiger partial charge in [0.1, 0.15) is 6.04 Å². The van der Waals surface area contributed by atoms with E-state index in [-0.39, 0.29) is 12.5 Å². The first-order chi connectivity index (χ1) is 8.23. The van der Waals surface area contributed by atoms with Crippen LogP contribution in [0.25, 0.3) is 0 Å². The molecular formula is C10H19NO6S. The number of ether oxygens (including phenoxy) is 1. The third-order valence-corrected chi connectivity index (χ3v) is 3.63. The molecule has 18 heavy (non-hydrogen) atoms. The SMILES string of the molecule is CCOC(=O)CS(=O)(=O)N[C@H](C(=O)O)C(C)CC.